The summed E-state index contributed by atoms with van der Waals surface area (Å²) in [6, 6.07) is 10.9. The molecule has 1 heterocycles. The lowest BCUT2D eigenvalue weighted by Crippen LogP contribution is -2.35. The molecule has 1 N–H and O–H groups in total. The predicted molar refractivity (Wildman–Crippen MR) is 123 cm³/mol. The summed E-state index contributed by atoms with van der Waals surface area (Å²) in [6.07, 6.45) is 2.81. The number of nitrogens with zero attached hydrogens (tertiary/aromatic N) is 1. The van der Waals surface area contributed by atoms with E-state index in [9.17, 15) is 13.2 Å². The summed E-state index contributed by atoms with van der Waals surface area (Å²) in [4.78, 5) is 12.8. The molecule has 0 spiro atoms. The Morgan fingerprint density at radius 1 is 1.06 bits per heavy atom. The maximum Gasteiger partial charge on any atom is 0.262 e. The van der Waals surface area contributed by atoms with Crippen LogP contribution in [0.4, 0.5) is 5.69 Å². The van der Waals surface area contributed by atoms with E-state index in [1.54, 1.807) is 18.2 Å². The Balaban J connectivity index is 1.72. The molecule has 2 aromatic carbocycles. The molecule has 0 saturated carbocycles. The van der Waals surface area contributed by atoms with E-state index in [0.29, 0.717) is 24.5 Å². The van der Waals surface area contributed by atoms with Gasteiger partial charge in [-0.2, -0.15) is 4.31 Å². The van der Waals surface area contributed by atoms with Crippen LogP contribution in [0.2, 0.25) is 0 Å². The van der Waals surface area contributed by atoms with E-state index in [0.717, 1.165) is 36.0 Å². The molecule has 3 rings (SSSR count). The highest BCUT2D eigenvalue weighted by atomic mass is 32.2. The zero-order valence-corrected chi connectivity index (χ0v) is 19.6. The number of aryl methyl sites for hydroxylation is 2. The second kappa shape index (κ2) is 9.83. The van der Waals surface area contributed by atoms with Gasteiger partial charge in [-0.15, -0.1) is 0 Å². The quantitative estimate of drug-likeness (QED) is 0.676. The first-order valence-electron chi connectivity index (χ1n) is 10.8. The van der Waals surface area contributed by atoms with Gasteiger partial charge in [-0.25, -0.2) is 8.42 Å². The largest absolute Gasteiger partial charge is 0.483 e. The van der Waals surface area contributed by atoms with Gasteiger partial charge in [-0.05, 0) is 67.5 Å². The Bertz CT molecular complexity index is 1040. The highest BCUT2D eigenvalue weighted by Gasteiger charge is 2.26. The zero-order chi connectivity index (χ0) is 22.6. The van der Waals surface area contributed by atoms with Crippen molar-refractivity contribution in [2.75, 3.05) is 25.0 Å². The summed E-state index contributed by atoms with van der Waals surface area (Å²) < 4.78 is 33.3. The molecule has 0 aromatic heterocycles. The Morgan fingerprint density at radius 3 is 2.45 bits per heavy atom. The molecule has 7 heteroatoms. The van der Waals surface area contributed by atoms with Gasteiger partial charge in [0.2, 0.25) is 10.0 Å². The monoisotopic (exact) mass is 444 g/mol. The number of anilines is 1. The molecule has 6 nitrogen and oxygen atoms in total. The molecular formula is C24H32N2O4S. The molecule has 1 amide bonds. The molecule has 0 atom stereocenters. The third kappa shape index (κ3) is 5.66. The van der Waals surface area contributed by atoms with Crippen LogP contribution in [0.25, 0.3) is 0 Å². The van der Waals surface area contributed by atoms with Crippen LogP contribution in [-0.2, 0) is 14.8 Å². The lowest BCUT2D eigenvalue weighted by Gasteiger charge is -2.26. The molecule has 1 aliphatic rings. The minimum absolute atomic E-state index is 0.147. The van der Waals surface area contributed by atoms with Crippen molar-refractivity contribution in [3.8, 4) is 5.75 Å². The van der Waals surface area contributed by atoms with Crippen LogP contribution in [0.5, 0.6) is 5.75 Å². The average Bonchev–Trinajstić information content (AvgIpc) is 2.74. The van der Waals surface area contributed by atoms with Gasteiger partial charge in [0.1, 0.15) is 5.75 Å². The Hall–Kier alpha value is -2.38. The molecule has 0 bridgehead atoms. The van der Waals surface area contributed by atoms with Gasteiger partial charge in [0.25, 0.3) is 5.91 Å². The van der Waals surface area contributed by atoms with E-state index in [2.05, 4.69) is 19.2 Å². The zero-order valence-electron chi connectivity index (χ0n) is 18.8. The molecule has 1 aliphatic heterocycles. The van der Waals surface area contributed by atoms with Crippen molar-refractivity contribution >= 4 is 21.6 Å². The number of piperidine rings is 1. The van der Waals surface area contributed by atoms with Crippen LogP contribution < -0.4 is 10.1 Å². The van der Waals surface area contributed by atoms with Gasteiger partial charge < -0.3 is 10.1 Å². The van der Waals surface area contributed by atoms with Crippen LogP contribution in [0.15, 0.2) is 41.3 Å². The van der Waals surface area contributed by atoms with E-state index >= 15 is 0 Å². The van der Waals surface area contributed by atoms with Crippen molar-refractivity contribution in [3.63, 3.8) is 0 Å². The topological polar surface area (TPSA) is 75.7 Å². The van der Waals surface area contributed by atoms with Crippen LogP contribution in [0.3, 0.4) is 0 Å². The van der Waals surface area contributed by atoms with Crippen molar-refractivity contribution in [2.24, 2.45) is 0 Å². The van der Waals surface area contributed by atoms with Crippen molar-refractivity contribution in [1.29, 1.82) is 0 Å². The van der Waals surface area contributed by atoms with E-state index < -0.39 is 10.0 Å². The van der Waals surface area contributed by atoms with E-state index in [1.807, 2.05) is 32.0 Å². The standard InChI is InChI=1S/C24H32N2O4S/c1-17(2)21-11-8-18(3)14-23(21)30-16-24(27)25-22-15-20(10-9-19(22)4)31(28,29)26-12-6-5-7-13-26/h8-11,14-15,17H,5-7,12-13,16H2,1-4H3,(H,25,27). The van der Waals surface area contributed by atoms with Crippen LogP contribution >= 0.6 is 0 Å². The molecule has 0 radical (unpaired) electrons. The number of ether oxygens (including phenoxy) is 1. The highest BCUT2D eigenvalue weighted by molar-refractivity contribution is 7.89. The van der Waals surface area contributed by atoms with Gasteiger partial charge in [0, 0.05) is 18.8 Å². The minimum Gasteiger partial charge on any atom is -0.483 e. The normalized spacial score (nSPS) is 15.1. The minimum atomic E-state index is -3.56. The first-order chi connectivity index (χ1) is 14.7. The number of hydrogen-bond acceptors (Lipinski definition) is 4. The SMILES string of the molecule is Cc1ccc(C(C)C)c(OCC(=O)Nc2cc(S(=O)(=O)N3CCCCC3)ccc2C)c1. The summed E-state index contributed by atoms with van der Waals surface area (Å²) in [5.74, 6) is 0.646. The summed E-state index contributed by atoms with van der Waals surface area (Å²) in [6.45, 7) is 8.91. The molecule has 31 heavy (non-hydrogen) atoms. The van der Waals surface area contributed by atoms with Crippen molar-refractivity contribution < 1.29 is 17.9 Å². The average molecular weight is 445 g/mol. The maximum absolute atomic E-state index is 13.0. The third-order valence-electron chi connectivity index (χ3n) is 5.59. The van der Waals surface area contributed by atoms with Gasteiger partial charge in [-0.1, -0.05) is 38.5 Å². The molecule has 168 valence electrons. The van der Waals surface area contributed by atoms with Crippen molar-refractivity contribution in [2.45, 2.75) is 57.8 Å². The lowest BCUT2D eigenvalue weighted by molar-refractivity contribution is -0.118. The number of hydrogen-bond donors (Lipinski definition) is 1. The molecule has 0 unspecified atom stereocenters. The van der Waals surface area contributed by atoms with Crippen molar-refractivity contribution in [3.05, 3.63) is 53.1 Å². The summed E-state index contributed by atoms with van der Waals surface area (Å²) >= 11 is 0. The third-order valence-corrected chi connectivity index (χ3v) is 7.48. The number of carbonyl (C=O) groups excluding carboxylic acids is 1. The first-order valence-corrected chi connectivity index (χ1v) is 12.3. The summed E-state index contributed by atoms with van der Waals surface area (Å²) in [5, 5.41) is 2.81. The van der Waals surface area contributed by atoms with E-state index in [-0.39, 0.29) is 23.3 Å². The molecule has 1 fully saturated rings. The fraction of sp³-hybridized carbons (Fsp3) is 0.458. The lowest BCUT2D eigenvalue weighted by atomic mass is 10.0. The molecule has 2 aromatic rings. The molecule has 0 aliphatic carbocycles. The highest BCUT2D eigenvalue weighted by Crippen LogP contribution is 2.28. The Kier molecular flexibility index (Phi) is 7.38. The van der Waals surface area contributed by atoms with Gasteiger partial charge >= 0.3 is 0 Å². The second-order valence-electron chi connectivity index (χ2n) is 8.47. The van der Waals surface area contributed by atoms with Crippen molar-refractivity contribution in [1.82, 2.24) is 4.31 Å². The summed E-state index contributed by atoms with van der Waals surface area (Å²) in [7, 11) is -3.56. The smallest absolute Gasteiger partial charge is 0.262 e. The number of nitrogens with one attached hydrogen (secondary N) is 1. The van der Waals surface area contributed by atoms with Gasteiger partial charge in [0.15, 0.2) is 6.61 Å². The van der Waals surface area contributed by atoms with E-state index in [1.165, 1.54) is 4.31 Å². The van der Waals surface area contributed by atoms with Crippen LogP contribution in [0, 0.1) is 13.8 Å². The number of sulfonamides is 1. The number of benzene rings is 2. The second-order valence-corrected chi connectivity index (χ2v) is 10.4. The fourth-order valence-corrected chi connectivity index (χ4v) is 5.27. The molecular weight excluding hydrogens is 412 g/mol. The Morgan fingerprint density at radius 2 is 1.77 bits per heavy atom. The van der Waals surface area contributed by atoms with Crippen LogP contribution in [0.1, 0.15) is 55.7 Å². The summed E-state index contributed by atoms with van der Waals surface area (Å²) in [5.41, 5.74) is 3.39. The molecule has 1 saturated heterocycles. The number of amides is 1. The predicted octanol–water partition coefficient (Wildman–Crippen LogP) is 4.62. The first kappa shape index (κ1) is 23.3. The van der Waals surface area contributed by atoms with Gasteiger partial charge in [-0.3, -0.25) is 4.79 Å². The number of rotatable bonds is 7. The van der Waals surface area contributed by atoms with Gasteiger partial charge in [0.05, 0.1) is 4.90 Å². The Labute approximate surface area is 185 Å². The maximum atomic E-state index is 13.0. The van der Waals surface area contributed by atoms with Crippen LogP contribution in [-0.4, -0.2) is 38.3 Å². The fourth-order valence-electron chi connectivity index (χ4n) is 3.72. The van der Waals surface area contributed by atoms with E-state index in [4.69, 9.17) is 4.74 Å². The number of carbonyl (C=O) groups is 1.